The van der Waals surface area contributed by atoms with Crippen LogP contribution in [-0.4, -0.2) is 49.1 Å². The molecule has 0 saturated carbocycles. The van der Waals surface area contributed by atoms with Gasteiger partial charge in [0.2, 0.25) is 5.69 Å². The Kier molecular flexibility index (Phi) is 4.31. The van der Waals surface area contributed by atoms with Crippen LogP contribution in [0.3, 0.4) is 0 Å². The standard InChI is InChI=1S/C17H13ClFN3O4S/c1-20-14-4-3-12(6-13(14)19)26-15-8-22(9-17(15)10-25-17)27(23,24)16-5-2-11(18)7-21-16/h2-7,15H,8-10H2/t15-,17-/m0/s1. The number of halogens is 2. The highest BCUT2D eigenvalue weighted by Gasteiger charge is 2.61. The van der Waals surface area contributed by atoms with Crippen LogP contribution in [0, 0.1) is 12.4 Å². The molecule has 0 bridgehead atoms. The Bertz CT molecular complexity index is 1040. The molecule has 2 aliphatic heterocycles. The lowest BCUT2D eigenvalue weighted by Gasteiger charge is -2.17. The van der Waals surface area contributed by atoms with E-state index in [0.29, 0.717) is 11.6 Å². The highest BCUT2D eigenvalue weighted by molar-refractivity contribution is 7.89. The molecule has 7 nitrogen and oxygen atoms in total. The van der Waals surface area contributed by atoms with Crippen LogP contribution in [0.25, 0.3) is 4.85 Å². The van der Waals surface area contributed by atoms with Crippen LogP contribution >= 0.6 is 11.6 Å². The summed E-state index contributed by atoms with van der Waals surface area (Å²) in [5.74, 6) is -0.482. The lowest BCUT2D eigenvalue weighted by atomic mass is 10.1. The van der Waals surface area contributed by atoms with E-state index in [0.717, 1.165) is 6.07 Å². The topological polar surface area (TPSA) is 76.4 Å². The van der Waals surface area contributed by atoms with Gasteiger partial charge in [-0.15, -0.1) is 0 Å². The summed E-state index contributed by atoms with van der Waals surface area (Å²) in [4.78, 5) is 6.94. The fourth-order valence-electron chi connectivity index (χ4n) is 2.98. The van der Waals surface area contributed by atoms with Gasteiger partial charge in [0.1, 0.15) is 23.3 Å². The molecule has 1 spiro atoms. The van der Waals surface area contributed by atoms with Crippen LogP contribution in [0.4, 0.5) is 10.1 Å². The number of hydrogen-bond donors (Lipinski definition) is 0. The Morgan fingerprint density at radius 2 is 2.19 bits per heavy atom. The zero-order chi connectivity index (χ0) is 19.2. The Balaban J connectivity index is 1.56. The van der Waals surface area contributed by atoms with Gasteiger partial charge >= 0.3 is 0 Å². The van der Waals surface area contributed by atoms with Crippen LogP contribution in [0.1, 0.15) is 0 Å². The van der Waals surface area contributed by atoms with Crippen molar-refractivity contribution in [1.29, 1.82) is 0 Å². The van der Waals surface area contributed by atoms with E-state index < -0.39 is 27.5 Å². The van der Waals surface area contributed by atoms with Crippen molar-refractivity contribution in [1.82, 2.24) is 9.29 Å². The van der Waals surface area contributed by atoms with Gasteiger partial charge in [-0.3, -0.25) is 0 Å². The summed E-state index contributed by atoms with van der Waals surface area (Å²) < 4.78 is 51.9. The van der Waals surface area contributed by atoms with Gasteiger partial charge in [0, 0.05) is 18.8 Å². The molecule has 2 fully saturated rings. The number of benzene rings is 1. The van der Waals surface area contributed by atoms with E-state index in [1.807, 2.05) is 0 Å². The maximum Gasteiger partial charge on any atom is 0.260 e. The van der Waals surface area contributed by atoms with Crippen molar-refractivity contribution < 1.29 is 22.3 Å². The zero-order valence-corrected chi connectivity index (χ0v) is 15.4. The van der Waals surface area contributed by atoms with Gasteiger partial charge in [-0.25, -0.2) is 22.6 Å². The Labute approximate surface area is 160 Å². The van der Waals surface area contributed by atoms with Gasteiger partial charge in [0.25, 0.3) is 10.0 Å². The Morgan fingerprint density at radius 1 is 1.41 bits per heavy atom. The zero-order valence-electron chi connectivity index (χ0n) is 13.8. The monoisotopic (exact) mass is 409 g/mol. The van der Waals surface area contributed by atoms with E-state index in [1.54, 1.807) is 0 Å². The van der Waals surface area contributed by atoms with E-state index in [4.69, 9.17) is 27.6 Å². The second kappa shape index (κ2) is 6.42. The first-order chi connectivity index (χ1) is 12.8. The maximum absolute atomic E-state index is 13.8. The number of ether oxygens (including phenoxy) is 2. The molecule has 1 aromatic carbocycles. The van der Waals surface area contributed by atoms with Gasteiger partial charge in [0.05, 0.1) is 24.7 Å². The summed E-state index contributed by atoms with van der Waals surface area (Å²) in [7, 11) is -3.84. The predicted octanol–water partition coefficient (Wildman–Crippen LogP) is 2.65. The molecule has 0 radical (unpaired) electrons. The van der Waals surface area contributed by atoms with E-state index in [9.17, 15) is 12.8 Å². The van der Waals surface area contributed by atoms with Crippen molar-refractivity contribution in [2.24, 2.45) is 0 Å². The molecule has 140 valence electrons. The quantitative estimate of drug-likeness (QED) is 0.573. The third-order valence-electron chi connectivity index (χ3n) is 4.54. The van der Waals surface area contributed by atoms with Crippen LogP contribution in [0.5, 0.6) is 5.75 Å². The number of hydrogen-bond acceptors (Lipinski definition) is 5. The second-order valence-electron chi connectivity index (χ2n) is 6.30. The second-order valence-corrected chi connectivity index (χ2v) is 8.62. The number of aromatic nitrogens is 1. The van der Waals surface area contributed by atoms with Gasteiger partial charge < -0.3 is 9.47 Å². The van der Waals surface area contributed by atoms with Gasteiger partial charge in [-0.05, 0) is 24.3 Å². The summed E-state index contributed by atoms with van der Waals surface area (Å²) >= 11 is 5.76. The molecule has 1 aromatic heterocycles. The smallest absolute Gasteiger partial charge is 0.260 e. The molecule has 0 aliphatic carbocycles. The average molecular weight is 410 g/mol. The minimum atomic E-state index is -3.84. The minimum absolute atomic E-state index is 0.0405. The van der Waals surface area contributed by atoms with Crippen LogP contribution in [0.2, 0.25) is 5.02 Å². The average Bonchev–Trinajstić information content (AvgIpc) is 3.32. The van der Waals surface area contributed by atoms with Crippen LogP contribution in [0.15, 0.2) is 41.6 Å². The number of rotatable bonds is 4. The fourth-order valence-corrected chi connectivity index (χ4v) is 4.50. The van der Waals surface area contributed by atoms with Crippen molar-refractivity contribution >= 4 is 27.3 Å². The summed E-state index contributed by atoms with van der Waals surface area (Å²) in [5, 5.41) is 0.222. The Morgan fingerprint density at radius 3 is 2.78 bits per heavy atom. The molecule has 0 N–H and O–H groups in total. The molecule has 3 heterocycles. The SMILES string of the molecule is [C-]#[N+]c1ccc(O[C@H]2CN(S(=O)(=O)c3ccc(Cl)cn3)C[C@]23CO3)cc1F. The van der Waals surface area contributed by atoms with E-state index in [-0.39, 0.29) is 29.6 Å². The summed E-state index contributed by atoms with van der Waals surface area (Å²) in [6.45, 7) is 7.38. The highest BCUT2D eigenvalue weighted by Crippen LogP contribution is 2.41. The lowest BCUT2D eigenvalue weighted by molar-refractivity contribution is 0.135. The molecule has 4 rings (SSSR count). The summed E-state index contributed by atoms with van der Waals surface area (Å²) in [6, 6.07) is 6.70. The van der Waals surface area contributed by atoms with Crippen molar-refractivity contribution in [2.45, 2.75) is 16.7 Å². The van der Waals surface area contributed by atoms with Gasteiger partial charge in [-0.1, -0.05) is 11.6 Å². The third kappa shape index (κ3) is 3.26. The third-order valence-corrected chi connectivity index (χ3v) is 6.49. The van der Waals surface area contributed by atoms with E-state index in [1.165, 1.54) is 34.8 Å². The van der Waals surface area contributed by atoms with Gasteiger partial charge in [0.15, 0.2) is 5.03 Å². The summed E-state index contributed by atoms with van der Waals surface area (Å²) in [6.07, 6.45) is 0.668. The highest BCUT2D eigenvalue weighted by atomic mass is 35.5. The van der Waals surface area contributed by atoms with Crippen molar-refractivity contribution in [3.05, 3.63) is 58.8 Å². The summed E-state index contributed by atoms with van der Waals surface area (Å²) in [5.41, 5.74) is -0.863. The fraction of sp³-hybridized carbons (Fsp3) is 0.294. The number of epoxide rings is 1. The largest absolute Gasteiger partial charge is 0.486 e. The molecule has 27 heavy (non-hydrogen) atoms. The van der Waals surface area contributed by atoms with Crippen molar-refractivity contribution in [3.8, 4) is 5.75 Å². The maximum atomic E-state index is 13.8. The molecular weight excluding hydrogens is 397 g/mol. The molecule has 10 heteroatoms. The van der Waals surface area contributed by atoms with Crippen LogP contribution in [-0.2, 0) is 14.8 Å². The molecule has 2 aliphatic rings. The lowest BCUT2D eigenvalue weighted by Crippen LogP contribution is -2.33. The first-order valence-corrected chi connectivity index (χ1v) is 9.75. The first-order valence-electron chi connectivity index (χ1n) is 7.93. The molecule has 0 amide bonds. The number of pyridine rings is 1. The van der Waals surface area contributed by atoms with E-state index in [2.05, 4.69) is 9.83 Å². The molecule has 2 saturated heterocycles. The van der Waals surface area contributed by atoms with Crippen molar-refractivity contribution in [3.63, 3.8) is 0 Å². The van der Waals surface area contributed by atoms with E-state index >= 15 is 0 Å². The van der Waals surface area contributed by atoms with Crippen LogP contribution < -0.4 is 4.74 Å². The molecular formula is C17H13ClFN3O4S. The Hall–Kier alpha value is -2.25. The number of nitrogens with zero attached hydrogens (tertiary/aromatic N) is 3. The van der Waals surface area contributed by atoms with Crippen molar-refractivity contribution in [2.75, 3.05) is 19.7 Å². The molecule has 2 atom stereocenters. The number of sulfonamides is 1. The van der Waals surface area contributed by atoms with Gasteiger partial charge in [-0.2, -0.15) is 4.31 Å². The molecule has 2 aromatic rings. The predicted molar refractivity (Wildman–Crippen MR) is 93.8 cm³/mol. The minimum Gasteiger partial charge on any atom is -0.486 e. The molecule has 0 unspecified atom stereocenters. The normalized spacial score (nSPS) is 24.7. The first kappa shape index (κ1) is 18.1.